The number of carbonyl (C=O) groups is 3. The third-order valence-electron chi connectivity index (χ3n) is 5.43. The molecule has 2 aromatic rings. The zero-order valence-corrected chi connectivity index (χ0v) is 16.9. The molecule has 8 heteroatoms. The van der Waals surface area contributed by atoms with Crippen molar-refractivity contribution in [2.45, 2.75) is 25.5 Å². The number of rotatable bonds is 6. The molecule has 0 saturated carbocycles. The molecule has 29 heavy (non-hydrogen) atoms. The number of thiophene rings is 1. The predicted octanol–water partition coefficient (Wildman–Crippen LogP) is 2.80. The first-order valence-corrected chi connectivity index (χ1v) is 10.5. The van der Waals surface area contributed by atoms with E-state index in [1.165, 1.54) is 11.3 Å². The molecule has 2 saturated heterocycles. The lowest BCUT2D eigenvalue weighted by Crippen LogP contribution is -2.39. The monoisotopic (exact) mass is 413 g/mol. The molecular weight excluding hydrogens is 390 g/mol. The van der Waals surface area contributed by atoms with E-state index in [2.05, 4.69) is 5.32 Å². The van der Waals surface area contributed by atoms with Crippen LogP contribution in [0.4, 0.5) is 9.80 Å². The van der Waals surface area contributed by atoms with Gasteiger partial charge < -0.3 is 15.0 Å². The zero-order valence-electron chi connectivity index (χ0n) is 16.1. The van der Waals surface area contributed by atoms with E-state index < -0.39 is 12.2 Å². The quantitative estimate of drug-likeness (QED) is 0.790. The maximum absolute atomic E-state index is 12.6. The van der Waals surface area contributed by atoms with E-state index in [1.54, 1.807) is 9.80 Å². The number of anilines is 1. The molecule has 0 radical (unpaired) electrons. The van der Waals surface area contributed by atoms with Gasteiger partial charge in [-0.25, -0.2) is 4.79 Å². The summed E-state index contributed by atoms with van der Waals surface area (Å²) in [5.41, 5.74) is 1.05. The summed E-state index contributed by atoms with van der Waals surface area (Å²) in [5.74, 6) is -0.580. The number of nitrogens with zero attached hydrogens (tertiary/aromatic N) is 2. The van der Waals surface area contributed by atoms with Gasteiger partial charge in [0.2, 0.25) is 11.8 Å². The Morgan fingerprint density at radius 3 is 2.72 bits per heavy atom. The van der Waals surface area contributed by atoms with Crippen molar-refractivity contribution in [3.8, 4) is 0 Å². The maximum atomic E-state index is 12.6. The zero-order chi connectivity index (χ0) is 20.4. The van der Waals surface area contributed by atoms with Gasteiger partial charge in [-0.15, -0.1) is 11.3 Å². The summed E-state index contributed by atoms with van der Waals surface area (Å²) in [4.78, 5) is 40.4. The van der Waals surface area contributed by atoms with Crippen LogP contribution in [-0.2, 0) is 14.3 Å². The predicted molar refractivity (Wildman–Crippen MR) is 110 cm³/mol. The SMILES string of the molecule is CC(c1ccccc1)N1CC(C(=O)NCC2CN(c3cccs3)C(=O)O2)CC1=O. The van der Waals surface area contributed by atoms with Crippen molar-refractivity contribution in [2.75, 3.05) is 24.5 Å². The second kappa shape index (κ2) is 8.24. The fraction of sp³-hybridized carbons (Fsp3) is 0.381. The molecule has 3 unspecified atom stereocenters. The Bertz CT molecular complexity index is 887. The van der Waals surface area contributed by atoms with Crippen molar-refractivity contribution in [3.63, 3.8) is 0 Å². The van der Waals surface area contributed by atoms with E-state index >= 15 is 0 Å². The van der Waals surface area contributed by atoms with Crippen LogP contribution in [0.15, 0.2) is 47.8 Å². The molecule has 0 aliphatic carbocycles. The van der Waals surface area contributed by atoms with Crippen LogP contribution in [0.5, 0.6) is 0 Å². The number of cyclic esters (lactones) is 1. The van der Waals surface area contributed by atoms with Gasteiger partial charge in [0.05, 0.1) is 25.0 Å². The summed E-state index contributed by atoms with van der Waals surface area (Å²) in [7, 11) is 0. The standard InChI is InChI=1S/C21H23N3O4S/c1-14(15-6-3-2-4-7-15)23-12-16(10-18(23)25)20(26)22-11-17-13-24(21(27)28-17)19-8-5-9-29-19/h2-9,14,16-17H,10-13H2,1H3,(H,22,26). The molecule has 2 aliphatic heterocycles. The highest BCUT2D eigenvalue weighted by atomic mass is 32.1. The third-order valence-corrected chi connectivity index (χ3v) is 6.32. The molecule has 1 N–H and O–H groups in total. The van der Waals surface area contributed by atoms with Gasteiger partial charge in [-0.05, 0) is 30.0 Å². The topological polar surface area (TPSA) is 79.0 Å². The molecule has 1 aromatic heterocycles. The van der Waals surface area contributed by atoms with Crippen LogP contribution >= 0.6 is 11.3 Å². The van der Waals surface area contributed by atoms with Gasteiger partial charge in [-0.2, -0.15) is 0 Å². The first kappa shape index (κ1) is 19.4. The van der Waals surface area contributed by atoms with Gasteiger partial charge in [0.25, 0.3) is 0 Å². The molecular formula is C21H23N3O4S. The first-order chi connectivity index (χ1) is 14.0. The molecule has 2 aliphatic rings. The highest BCUT2D eigenvalue weighted by molar-refractivity contribution is 7.14. The largest absolute Gasteiger partial charge is 0.442 e. The Kier molecular flexibility index (Phi) is 5.53. The average Bonchev–Trinajstić information content (AvgIpc) is 3.46. The van der Waals surface area contributed by atoms with Crippen molar-refractivity contribution >= 4 is 34.2 Å². The van der Waals surface area contributed by atoms with E-state index in [1.807, 2.05) is 54.8 Å². The molecule has 0 spiro atoms. The van der Waals surface area contributed by atoms with Crippen LogP contribution in [0.3, 0.4) is 0 Å². The van der Waals surface area contributed by atoms with Gasteiger partial charge >= 0.3 is 6.09 Å². The second-order valence-electron chi connectivity index (χ2n) is 7.35. The van der Waals surface area contributed by atoms with E-state index in [4.69, 9.17) is 4.74 Å². The number of benzene rings is 1. The third kappa shape index (κ3) is 4.12. The van der Waals surface area contributed by atoms with Crippen molar-refractivity contribution in [3.05, 3.63) is 53.4 Å². The Morgan fingerprint density at radius 1 is 1.21 bits per heavy atom. The van der Waals surface area contributed by atoms with Crippen molar-refractivity contribution in [2.24, 2.45) is 5.92 Å². The Morgan fingerprint density at radius 2 is 2.00 bits per heavy atom. The summed E-state index contributed by atoms with van der Waals surface area (Å²) in [6.07, 6.45) is -0.593. The van der Waals surface area contributed by atoms with Crippen molar-refractivity contribution in [1.29, 1.82) is 0 Å². The van der Waals surface area contributed by atoms with Crippen LogP contribution in [0.2, 0.25) is 0 Å². The smallest absolute Gasteiger partial charge is 0.415 e. The highest BCUT2D eigenvalue weighted by Gasteiger charge is 2.38. The van der Waals surface area contributed by atoms with Crippen LogP contribution in [0, 0.1) is 5.92 Å². The van der Waals surface area contributed by atoms with Crippen molar-refractivity contribution in [1.82, 2.24) is 10.2 Å². The number of carbonyl (C=O) groups excluding carboxylic acids is 3. The van der Waals surface area contributed by atoms with Gasteiger partial charge in [0.1, 0.15) is 11.1 Å². The summed E-state index contributed by atoms with van der Waals surface area (Å²) < 4.78 is 5.35. The molecule has 3 amide bonds. The number of hydrogen-bond acceptors (Lipinski definition) is 5. The van der Waals surface area contributed by atoms with Crippen molar-refractivity contribution < 1.29 is 19.1 Å². The molecule has 2 fully saturated rings. The fourth-order valence-corrected chi connectivity index (χ4v) is 4.51. The lowest BCUT2D eigenvalue weighted by Gasteiger charge is -2.25. The Hall–Kier alpha value is -2.87. The molecule has 152 valence electrons. The molecule has 0 bridgehead atoms. The van der Waals surface area contributed by atoms with E-state index in [-0.39, 0.29) is 36.7 Å². The molecule has 1 aromatic carbocycles. The lowest BCUT2D eigenvalue weighted by atomic mass is 10.1. The van der Waals surface area contributed by atoms with E-state index in [0.717, 1.165) is 10.6 Å². The second-order valence-corrected chi connectivity index (χ2v) is 8.27. The van der Waals surface area contributed by atoms with Crippen LogP contribution in [-0.4, -0.2) is 48.5 Å². The fourth-order valence-electron chi connectivity index (χ4n) is 3.78. The van der Waals surface area contributed by atoms with Crippen LogP contribution in [0.1, 0.15) is 24.9 Å². The molecule has 4 rings (SSSR count). The number of hydrogen-bond donors (Lipinski definition) is 1. The van der Waals surface area contributed by atoms with Gasteiger partial charge in [0, 0.05) is 13.0 Å². The Labute approximate surface area is 173 Å². The maximum Gasteiger partial charge on any atom is 0.415 e. The minimum Gasteiger partial charge on any atom is -0.442 e. The van der Waals surface area contributed by atoms with E-state index in [9.17, 15) is 14.4 Å². The summed E-state index contributed by atoms with van der Waals surface area (Å²) in [6, 6.07) is 13.5. The molecule has 3 heterocycles. The normalized spacial score (nSPS) is 22.7. The number of ether oxygens (including phenoxy) is 1. The number of nitrogens with one attached hydrogen (secondary N) is 1. The van der Waals surface area contributed by atoms with E-state index in [0.29, 0.717) is 13.1 Å². The molecule has 3 atom stereocenters. The minimum absolute atomic E-state index is 0.0160. The number of likely N-dealkylation sites (tertiary alicyclic amines) is 1. The summed E-state index contributed by atoms with van der Waals surface area (Å²) >= 11 is 1.47. The summed E-state index contributed by atoms with van der Waals surface area (Å²) in [6.45, 7) is 3.02. The lowest BCUT2D eigenvalue weighted by molar-refractivity contribution is -0.130. The first-order valence-electron chi connectivity index (χ1n) is 9.66. The highest BCUT2D eigenvalue weighted by Crippen LogP contribution is 2.29. The van der Waals surface area contributed by atoms with Gasteiger partial charge in [-0.1, -0.05) is 30.3 Å². The number of amides is 3. The minimum atomic E-state index is -0.398. The van der Waals surface area contributed by atoms with Gasteiger partial charge in [-0.3, -0.25) is 14.5 Å². The van der Waals surface area contributed by atoms with Crippen LogP contribution in [0.25, 0.3) is 0 Å². The molecule has 7 nitrogen and oxygen atoms in total. The summed E-state index contributed by atoms with van der Waals surface area (Å²) in [5, 5.41) is 5.58. The van der Waals surface area contributed by atoms with Gasteiger partial charge in [0.15, 0.2) is 0 Å². The Balaban J connectivity index is 1.29. The van der Waals surface area contributed by atoms with Crippen LogP contribution < -0.4 is 10.2 Å². The average molecular weight is 413 g/mol.